The van der Waals surface area contributed by atoms with E-state index in [1.54, 1.807) is 18.5 Å². The second-order valence-electron chi connectivity index (χ2n) is 13.0. The molecule has 37 heavy (non-hydrogen) atoms. The third kappa shape index (κ3) is 6.05. The van der Waals surface area contributed by atoms with Crippen molar-refractivity contribution in [2.75, 3.05) is 6.54 Å². The number of primary amides is 1. The summed E-state index contributed by atoms with van der Waals surface area (Å²) in [6, 6.07) is 1.23. The Hall–Kier alpha value is -2.35. The third-order valence-electron chi connectivity index (χ3n) is 9.38. The van der Waals surface area contributed by atoms with Crippen LogP contribution in [0.4, 0.5) is 0 Å². The number of amides is 2. The Morgan fingerprint density at radius 1 is 1.19 bits per heavy atom. The predicted octanol–water partition coefficient (Wildman–Crippen LogP) is 3.31. The molecule has 6 atom stereocenters. The van der Waals surface area contributed by atoms with Gasteiger partial charge in [0.25, 0.3) is 0 Å². The summed E-state index contributed by atoms with van der Waals surface area (Å²) in [6.45, 7) is 8.90. The minimum atomic E-state index is -1.34. The summed E-state index contributed by atoms with van der Waals surface area (Å²) in [6.07, 6.45) is 9.13. The van der Waals surface area contributed by atoms with Gasteiger partial charge in [0.15, 0.2) is 5.78 Å². The lowest BCUT2D eigenvalue weighted by Gasteiger charge is -2.35. The number of ketones is 1. The van der Waals surface area contributed by atoms with Gasteiger partial charge in [-0.05, 0) is 48.0 Å². The summed E-state index contributed by atoms with van der Waals surface area (Å²) in [5, 5.41) is 10.6. The molecule has 0 radical (unpaired) electrons. The Labute approximate surface area is 220 Å². The molecule has 1 spiro atoms. The van der Waals surface area contributed by atoms with Gasteiger partial charge in [0.05, 0.1) is 12.0 Å². The molecule has 2 amide bonds. The smallest absolute Gasteiger partial charge is 0.246 e. The van der Waals surface area contributed by atoms with E-state index in [4.69, 9.17) is 5.73 Å². The number of aromatic nitrogens is 2. The monoisotopic (exact) mass is 512 g/mol. The number of carbonyl (C=O) groups excluding carboxylic acids is 3. The van der Waals surface area contributed by atoms with Crippen LogP contribution in [0.25, 0.3) is 0 Å². The summed E-state index contributed by atoms with van der Waals surface area (Å²) < 4.78 is 0. The molecule has 2 heterocycles. The highest BCUT2D eigenvalue weighted by atomic mass is 16.3. The number of carbonyl (C=O) groups is 3. The number of likely N-dealkylation sites (tertiary alicyclic amines) is 1. The molecule has 2 aliphatic carbocycles. The maximum absolute atomic E-state index is 14.2. The average molecular weight is 513 g/mol. The number of hydrogen-bond acceptors (Lipinski definition) is 6. The number of aliphatic hydroxyl groups excluding tert-OH is 1. The zero-order valence-electron chi connectivity index (χ0n) is 22.9. The van der Waals surface area contributed by atoms with Crippen molar-refractivity contribution in [1.82, 2.24) is 14.9 Å². The van der Waals surface area contributed by atoms with Gasteiger partial charge in [-0.1, -0.05) is 53.4 Å². The van der Waals surface area contributed by atoms with E-state index in [0.717, 1.165) is 32.1 Å². The molecule has 3 aliphatic rings. The van der Waals surface area contributed by atoms with Gasteiger partial charge in [-0.25, -0.2) is 9.97 Å². The highest BCUT2D eigenvalue weighted by molar-refractivity contribution is 5.91. The van der Waals surface area contributed by atoms with Crippen LogP contribution < -0.4 is 5.73 Å². The molecule has 3 unspecified atom stereocenters. The molecule has 3 N–H and O–H groups in total. The summed E-state index contributed by atoms with van der Waals surface area (Å²) in [5.41, 5.74) is 5.11. The fourth-order valence-corrected chi connectivity index (χ4v) is 6.67. The second kappa shape index (κ2) is 10.8. The number of hydrogen-bond donors (Lipinski definition) is 2. The molecule has 4 rings (SSSR count). The molecule has 8 heteroatoms. The van der Waals surface area contributed by atoms with Crippen molar-refractivity contribution in [2.24, 2.45) is 40.2 Å². The number of aliphatic hydroxyl groups is 1. The van der Waals surface area contributed by atoms with Gasteiger partial charge in [-0.2, -0.15) is 0 Å². The van der Waals surface area contributed by atoms with Crippen molar-refractivity contribution in [3.63, 3.8) is 0 Å². The van der Waals surface area contributed by atoms with Gasteiger partial charge in [0.2, 0.25) is 11.8 Å². The van der Waals surface area contributed by atoms with E-state index < -0.39 is 24.0 Å². The first-order valence-electron chi connectivity index (χ1n) is 14.0. The van der Waals surface area contributed by atoms with Crippen molar-refractivity contribution in [2.45, 2.75) is 97.6 Å². The lowest BCUT2D eigenvalue weighted by atomic mass is 9.75. The molecule has 0 aromatic carbocycles. The van der Waals surface area contributed by atoms with Crippen molar-refractivity contribution < 1.29 is 19.5 Å². The number of nitrogens with two attached hydrogens (primary N) is 1. The minimum Gasteiger partial charge on any atom is -0.383 e. The Kier molecular flexibility index (Phi) is 8.07. The lowest BCUT2D eigenvalue weighted by Crippen LogP contribution is -2.48. The highest BCUT2D eigenvalue weighted by Crippen LogP contribution is 2.62. The Balaban J connectivity index is 1.57. The van der Waals surface area contributed by atoms with Gasteiger partial charge >= 0.3 is 0 Å². The van der Waals surface area contributed by atoms with E-state index in [1.807, 2.05) is 25.7 Å². The zero-order valence-corrected chi connectivity index (χ0v) is 22.9. The molecule has 1 aromatic heterocycles. The first kappa shape index (κ1) is 27.7. The van der Waals surface area contributed by atoms with E-state index in [1.165, 1.54) is 0 Å². The lowest BCUT2D eigenvalue weighted by molar-refractivity contribution is -0.145. The SMILES string of the molecule is CCC1C[C@@]12C[C@@H](C(=O)CC(CC1CCC1)C(O)C(N)=O)N(C(=O)[C@@H](Cc1ncccn1)C(C)(C)C)C2. The Bertz CT molecular complexity index is 989. The van der Waals surface area contributed by atoms with Crippen LogP contribution in [0, 0.1) is 34.5 Å². The summed E-state index contributed by atoms with van der Waals surface area (Å²) >= 11 is 0. The Morgan fingerprint density at radius 2 is 1.86 bits per heavy atom. The van der Waals surface area contributed by atoms with E-state index >= 15 is 0 Å². The third-order valence-corrected chi connectivity index (χ3v) is 9.38. The molecule has 204 valence electrons. The number of nitrogens with zero attached hydrogens (tertiary/aromatic N) is 3. The van der Waals surface area contributed by atoms with Crippen LogP contribution in [0.5, 0.6) is 0 Å². The topological polar surface area (TPSA) is 126 Å². The quantitative estimate of drug-likeness (QED) is 0.468. The van der Waals surface area contributed by atoms with Crippen LogP contribution in [-0.4, -0.2) is 56.3 Å². The van der Waals surface area contributed by atoms with E-state index in [0.29, 0.717) is 43.5 Å². The van der Waals surface area contributed by atoms with Gasteiger partial charge in [-0.3, -0.25) is 14.4 Å². The van der Waals surface area contributed by atoms with Crippen molar-refractivity contribution >= 4 is 17.6 Å². The molecule has 1 aromatic rings. The molecule has 8 nitrogen and oxygen atoms in total. The second-order valence-corrected chi connectivity index (χ2v) is 13.0. The predicted molar refractivity (Wildman–Crippen MR) is 140 cm³/mol. The van der Waals surface area contributed by atoms with E-state index in [9.17, 15) is 19.5 Å². The highest BCUT2D eigenvalue weighted by Gasteiger charge is 2.61. The standard InChI is InChI=1S/C29H44N4O4/c1-5-20-15-29(20)16-22(23(34)13-19(25(35)26(30)36)12-18-8-6-9-18)33(17-29)27(37)21(28(2,3)4)14-24-31-10-7-11-32-24/h7,10-11,18-22,25,35H,5-6,8-9,12-17H2,1-4H3,(H2,30,36)/t19?,20?,21-,22+,25?,29+/m1/s1. The largest absolute Gasteiger partial charge is 0.383 e. The van der Waals surface area contributed by atoms with Gasteiger partial charge in [-0.15, -0.1) is 0 Å². The molecule has 1 aliphatic heterocycles. The van der Waals surface area contributed by atoms with Crippen LogP contribution in [0.3, 0.4) is 0 Å². The van der Waals surface area contributed by atoms with E-state index in [2.05, 4.69) is 16.9 Å². The fourth-order valence-electron chi connectivity index (χ4n) is 6.67. The van der Waals surface area contributed by atoms with Crippen LogP contribution >= 0.6 is 0 Å². The number of Topliss-reactive ketones (excluding diaryl/α,β-unsaturated/α-hetero) is 1. The average Bonchev–Trinajstić information content (AvgIpc) is 3.36. The van der Waals surface area contributed by atoms with Gasteiger partial charge in [0, 0.05) is 37.7 Å². The first-order valence-corrected chi connectivity index (χ1v) is 14.0. The van der Waals surface area contributed by atoms with Crippen molar-refractivity contribution in [3.8, 4) is 0 Å². The zero-order chi connectivity index (χ0) is 27.0. The molecular formula is C29H44N4O4. The van der Waals surface area contributed by atoms with E-state index in [-0.39, 0.29) is 34.9 Å². The van der Waals surface area contributed by atoms with Crippen molar-refractivity contribution in [3.05, 3.63) is 24.3 Å². The minimum absolute atomic E-state index is 0.00217. The van der Waals surface area contributed by atoms with Crippen molar-refractivity contribution in [1.29, 1.82) is 0 Å². The molecule has 1 saturated heterocycles. The molecule has 3 fully saturated rings. The van der Waals surface area contributed by atoms with Crippen LogP contribution in [-0.2, 0) is 20.8 Å². The van der Waals surface area contributed by atoms with Crippen LogP contribution in [0.1, 0.15) is 84.9 Å². The first-order chi connectivity index (χ1) is 17.4. The molecule has 2 saturated carbocycles. The van der Waals surface area contributed by atoms with Gasteiger partial charge in [0.1, 0.15) is 11.9 Å². The normalized spacial score (nSPS) is 28.0. The molecular weight excluding hydrogens is 468 g/mol. The van der Waals surface area contributed by atoms with Crippen LogP contribution in [0.2, 0.25) is 0 Å². The number of rotatable bonds is 11. The fraction of sp³-hybridized carbons (Fsp3) is 0.759. The summed E-state index contributed by atoms with van der Waals surface area (Å²) in [5.74, 6) is -0.172. The van der Waals surface area contributed by atoms with Gasteiger partial charge < -0.3 is 15.7 Å². The molecule has 0 bridgehead atoms. The maximum atomic E-state index is 14.2. The Morgan fingerprint density at radius 3 is 2.38 bits per heavy atom. The summed E-state index contributed by atoms with van der Waals surface area (Å²) in [7, 11) is 0. The maximum Gasteiger partial charge on any atom is 0.246 e. The van der Waals surface area contributed by atoms with Crippen LogP contribution in [0.15, 0.2) is 18.5 Å². The summed E-state index contributed by atoms with van der Waals surface area (Å²) in [4.78, 5) is 50.4.